The minimum absolute atomic E-state index is 0.0102. The maximum atomic E-state index is 12.8. The molecule has 30 heavy (non-hydrogen) atoms. The SMILES string of the molecule is COc1ccc(CCC2CCN(C(=O)Cc3cc(C(C)=O)ccc3OC)CC2)cc1. The summed E-state index contributed by atoms with van der Waals surface area (Å²) >= 11 is 0. The number of amides is 1. The van der Waals surface area contributed by atoms with Gasteiger partial charge in [-0.3, -0.25) is 9.59 Å². The van der Waals surface area contributed by atoms with Gasteiger partial charge in [-0.25, -0.2) is 0 Å². The van der Waals surface area contributed by atoms with Gasteiger partial charge in [-0.1, -0.05) is 12.1 Å². The van der Waals surface area contributed by atoms with Crippen molar-refractivity contribution in [1.82, 2.24) is 4.90 Å². The highest BCUT2D eigenvalue weighted by Gasteiger charge is 2.23. The standard InChI is InChI=1S/C25H31NO4/c1-18(27)21-8-11-24(30-3)22(16-21)17-25(28)26-14-12-20(13-15-26)5-4-19-6-9-23(29-2)10-7-19/h6-11,16,20H,4-5,12-15,17H2,1-3H3. The number of likely N-dealkylation sites (tertiary alicyclic amines) is 1. The number of piperidine rings is 1. The van der Waals surface area contributed by atoms with E-state index in [0.29, 0.717) is 17.2 Å². The van der Waals surface area contributed by atoms with E-state index in [-0.39, 0.29) is 18.1 Å². The molecule has 1 aliphatic heterocycles. The molecule has 1 saturated heterocycles. The Hall–Kier alpha value is -2.82. The lowest BCUT2D eigenvalue weighted by Gasteiger charge is -2.32. The summed E-state index contributed by atoms with van der Waals surface area (Å²) in [4.78, 5) is 26.5. The molecule has 0 unspecified atom stereocenters. The van der Waals surface area contributed by atoms with Gasteiger partial charge in [-0.15, -0.1) is 0 Å². The van der Waals surface area contributed by atoms with Crippen molar-refractivity contribution in [3.05, 3.63) is 59.2 Å². The van der Waals surface area contributed by atoms with Crippen LogP contribution in [0.1, 0.15) is 47.7 Å². The summed E-state index contributed by atoms with van der Waals surface area (Å²) in [5, 5.41) is 0. The number of aryl methyl sites for hydroxylation is 1. The molecule has 5 heteroatoms. The highest BCUT2D eigenvalue weighted by atomic mass is 16.5. The number of nitrogens with zero attached hydrogens (tertiary/aromatic N) is 1. The van der Waals surface area contributed by atoms with E-state index in [9.17, 15) is 9.59 Å². The van der Waals surface area contributed by atoms with E-state index in [1.807, 2.05) is 17.0 Å². The molecule has 1 fully saturated rings. The van der Waals surface area contributed by atoms with Crippen LogP contribution in [0.5, 0.6) is 11.5 Å². The van der Waals surface area contributed by atoms with Gasteiger partial charge >= 0.3 is 0 Å². The molecule has 1 aliphatic rings. The Bertz CT molecular complexity index is 867. The Labute approximate surface area is 179 Å². The summed E-state index contributed by atoms with van der Waals surface area (Å²) in [6.07, 6.45) is 4.53. The number of hydrogen-bond acceptors (Lipinski definition) is 4. The molecule has 0 atom stereocenters. The average Bonchev–Trinajstić information content (AvgIpc) is 2.78. The van der Waals surface area contributed by atoms with E-state index in [1.54, 1.807) is 32.4 Å². The van der Waals surface area contributed by atoms with Crippen molar-refractivity contribution >= 4 is 11.7 Å². The van der Waals surface area contributed by atoms with Crippen LogP contribution in [-0.4, -0.2) is 43.9 Å². The van der Waals surface area contributed by atoms with Crippen LogP contribution in [0.4, 0.5) is 0 Å². The van der Waals surface area contributed by atoms with E-state index in [2.05, 4.69) is 12.1 Å². The number of benzene rings is 2. The monoisotopic (exact) mass is 409 g/mol. The Morgan fingerprint density at radius 1 is 1.00 bits per heavy atom. The van der Waals surface area contributed by atoms with Crippen LogP contribution in [0, 0.1) is 5.92 Å². The smallest absolute Gasteiger partial charge is 0.227 e. The van der Waals surface area contributed by atoms with Gasteiger partial charge in [-0.2, -0.15) is 0 Å². The van der Waals surface area contributed by atoms with E-state index in [4.69, 9.17) is 9.47 Å². The van der Waals surface area contributed by atoms with Crippen molar-refractivity contribution in [3.8, 4) is 11.5 Å². The second-order valence-electron chi connectivity index (χ2n) is 7.97. The molecule has 3 rings (SSSR count). The second kappa shape index (κ2) is 10.3. The number of carbonyl (C=O) groups is 2. The number of methoxy groups -OCH3 is 2. The van der Waals surface area contributed by atoms with E-state index < -0.39 is 0 Å². The molecular weight excluding hydrogens is 378 g/mol. The molecule has 0 aliphatic carbocycles. The summed E-state index contributed by atoms with van der Waals surface area (Å²) in [5.74, 6) is 2.28. The third kappa shape index (κ3) is 5.62. The number of ether oxygens (including phenoxy) is 2. The Kier molecular flexibility index (Phi) is 7.50. The van der Waals surface area contributed by atoms with E-state index in [1.165, 1.54) is 12.5 Å². The van der Waals surface area contributed by atoms with E-state index >= 15 is 0 Å². The molecule has 0 saturated carbocycles. The lowest BCUT2D eigenvalue weighted by molar-refractivity contribution is -0.131. The van der Waals surface area contributed by atoms with Gasteiger partial charge in [0, 0.05) is 24.2 Å². The van der Waals surface area contributed by atoms with Crippen molar-refractivity contribution < 1.29 is 19.1 Å². The first-order valence-corrected chi connectivity index (χ1v) is 10.6. The molecule has 160 valence electrons. The summed E-state index contributed by atoms with van der Waals surface area (Å²) in [6, 6.07) is 13.5. The van der Waals surface area contributed by atoms with Gasteiger partial charge in [0.15, 0.2) is 5.78 Å². The second-order valence-corrected chi connectivity index (χ2v) is 7.97. The van der Waals surface area contributed by atoms with Gasteiger partial charge in [0.1, 0.15) is 11.5 Å². The molecule has 5 nitrogen and oxygen atoms in total. The van der Waals surface area contributed by atoms with Crippen molar-refractivity contribution in [3.63, 3.8) is 0 Å². The van der Waals surface area contributed by atoms with Gasteiger partial charge < -0.3 is 14.4 Å². The van der Waals surface area contributed by atoms with Crippen molar-refractivity contribution in [2.24, 2.45) is 5.92 Å². The van der Waals surface area contributed by atoms with Crippen molar-refractivity contribution in [2.45, 2.75) is 39.0 Å². The number of rotatable bonds is 8. The topological polar surface area (TPSA) is 55.8 Å². The van der Waals surface area contributed by atoms with Gasteiger partial charge in [0.2, 0.25) is 5.91 Å². The third-order valence-electron chi connectivity index (χ3n) is 6.00. The molecule has 1 heterocycles. The predicted molar refractivity (Wildman–Crippen MR) is 117 cm³/mol. The lowest BCUT2D eigenvalue weighted by Crippen LogP contribution is -2.39. The Morgan fingerprint density at radius 3 is 2.30 bits per heavy atom. The summed E-state index contributed by atoms with van der Waals surface area (Å²) in [6.45, 7) is 3.12. The number of Topliss-reactive ketones (excluding diaryl/α,β-unsaturated/α-hetero) is 1. The van der Waals surface area contributed by atoms with Crippen LogP contribution in [0.2, 0.25) is 0 Å². The van der Waals surface area contributed by atoms with Crippen LogP contribution in [0.3, 0.4) is 0 Å². The van der Waals surface area contributed by atoms with Crippen LogP contribution < -0.4 is 9.47 Å². The lowest BCUT2D eigenvalue weighted by atomic mass is 9.90. The zero-order valence-electron chi connectivity index (χ0n) is 18.1. The normalized spacial score (nSPS) is 14.4. The maximum Gasteiger partial charge on any atom is 0.227 e. The molecule has 0 bridgehead atoms. The predicted octanol–water partition coefficient (Wildman–Crippen LogP) is 4.32. The minimum atomic E-state index is -0.0102. The van der Waals surface area contributed by atoms with Gasteiger partial charge in [-0.05, 0) is 74.4 Å². The fraction of sp³-hybridized carbons (Fsp3) is 0.440. The fourth-order valence-corrected chi connectivity index (χ4v) is 4.04. The molecule has 2 aromatic carbocycles. The Morgan fingerprint density at radius 2 is 1.70 bits per heavy atom. The number of ketones is 1. The van der Waals surface area contributed by atoms with Crippen LogP contribution in [0.25, 0.3) is 0 Å². The quantitative estimate of drug-likeness (QED) is 0.610. The first-order valence-electron chi connectivity index (χ1n) is 10.6. The average molecular weight is 410 g/mol. The molecule has 1 amide bonds. The van der Waals surface area contributed by atoms with E-state index in [0.717, 1.165) is 50.1 Å². The summed E-state index contributed by atoms with van der Waals surface area (Å²) in [7, 11) is 3.27. The number of hydrogen-bond donors (Lipinski definition) is 0. The third-order valence-corrected chi connectivity index (χ3v) is 6.00. The maximum absolute atomic E-state index is 12.8. The summed E-state index contributed by atoms with van der Waals surface area (Å²) in [5.41, 5.74) is 2.71. The molecule has 0 spiro atoms. The first-order chi connectivity index (χ1) is 14.5. The zero-order valence-corrected chi connectivity index (χ0v) is 18.1. The van der Waals surface area contributed by atoms with Crippen LogP contribution in [-0.2, 0) is 17.6 Å². The van der Waals surface area contributed by atoms with Crippen LogP contribution in [0.15, 0.2) is 42.5 Å². The van der Waals surface area contributed by atoms with Crippen molar-refractivity contribution in [1.29, 1.82) is 0 Å². The molecule has 2 aromatic rings. The van der Waals surface area contributed by atoms with Crippen molar-refractivity contribution in [2.75, 3.05) is 27.3 Å². The number of carbonyl (C=O) groups excluding carboxylic acids is 2. The zero-order chi connectivity index (χ0) is 21.5. The minimum Gasteiger partial charge on any atom is -0.497 e. The van der Waals surface area contributed by atoms with Gasteiger partial charge in [0.25, 0.3) is 0 Å². The Balaban J connectivity index is 1.50. The summed E-state index contributed by atoms with van der Waals surface area (Å²) < 4.78 is 10.6. The molecule has 0 aromatic heterocycles. The highest BCUT2D eigenvalue weighted by molar-refractivity contribution is 5.94. The first kappa shape index (κ1) is 21.9. The highest BCUT2D eigenvalue weighted by Crippen LogP contribution is 2.25. The molecular formula is C25H31NO4. The van der Waals surface area contributed by atoms with Gasteiger partial charge in [0.05, 0.1) is 20.6 Å². The fourth-order valence-electron chi connectivity index (χ4n) is 4.04. The molecule has 0 radical (unpaired) electrons. The largest absolute Gasteiger partial charge is 0.497 e. The molecule has 0 N–H and O–H groups in total. The van der Waals surface area contributed by atoms with Crippen LogP contribution >= 0.6 is 0 Å².